The normalized spacial score (nSPS) is 14.3. The lowest BCUT2D eigenvalue weighted by atomic mass is 10.1. The van der Waals surface area contributed by atoms with E-state index in [1.807, 2.05) is 31.2 Å². The van der Waals surface area contributed by atoms with Gasteiger partial charge in [-0.05, 0) is 12.5 Å². The fourth-order valence-corrected chi connectivity index (χ4v) is 3.12. The van der Waals surface area contributed by atoms with E-state index in [1.165, 1.54) is 6.92 Å². The summed E-state index contributed by atoms with van der Waals surface area (Å²) < 4.78 is 0. The molecule has 1 aliphatic rings. The molecule has 1 aliphatic heterocycles. The van der Waals surface area contributed by atoms with Crippen LogP contribution in [0.4, 0.5) is 0 Å². The average molecular weight is 380 g/mol. The summed E-state index contributed by atoms with van der Waals surface area (Å²) in [4.78, 5) is 41.0. The molecular weight excluding hydrogens is 354 g/mol. The van der Waals surface area contributed by atoms with Crippen molar-refractivity contribution in [2.24, 2.45) is 0 Å². The number of amides is 3. The highest BCUT2D eigenvalue weighted by Gasteiger charge is 2.23. The molecule has 2 rings (SSSR count). The second kappa shape index (κ2) is 9.57. The number of alkyl halides is 1. The molecule has 0 aromatic heterocycles. The highest BCUT2D eigenvalue weighted by molar-refractivity contribution is 6.27. The third-order valence-electron chi connectivity index (χ3n) is 4.63. The lowest BCUT2D eigenvalue weighted by Gasteiger charge is -2.34. The van der Waals surface area contributed by atoms with Crippen LogP contribution in [0.5, 0.6) is 0 Å². The van der Waals surface area contributed by atoms with Gasteiger partial charge in [0.25, 0.3) is 0 Å². The Balaban J connectivity index is 1.88. The smallest absolute Gasteiger partial charge is 0.237 e. The zero-order valence-corrected chi connectivity index (χ0v) is 16.2. The molecule has 142 valence electrons. The average Bonchev–Trinajstić information content (AvgIpc) is 2.65. The molecule has 7 heteroatoms. The molecule has 6 nitrogen and oxygen atoms in total. The maximum Gasteiger partial charge on any atom is 0.237 e. The Morgan fingerprint density at radius 1 is 1.04 bits per heavy atom. The standard InChI is InChI=1S/C19H26ClN3O3/c1-15-3-5-17(6-4-15)14-23(19(26)13-20)8-7-18(25)22-11-9-21(10-12-22)16(2)24/h3-6H,7-14H2,1-2H3. The quantitative estimate of drug-likeness (QED) is 0.706. The Hall–Kier alpha value is -2.08. The monoisotopic (exact) mass is 379 g/mol. The van der Waals surface area contributed by atoms with E-state index >= 15 is 0 Å². The summed E-state index contributed by atoms with van der Waals surface area (Å²) in [6, 6.07) is 7.95. The van der Waals surface area contributed by atoms with Crippen LogP contribution in [0.25, 0.3) is 0 Å². The van der Waals surface area contributed by atoms with Gasteiger partial charge < -0.3 is 14.7 Å². The SMILES string of the molecule is CC(=O)N1CCN(C(=O)CCN(Cc2ccc(C)cc2)C(=O)CCl)CC1. The van der Waals surface area contributed by atoms with Gasteiger partial charge in [0, 0.05) is 52.6 Å². The maximum absolute atomic E-state index is 12.4. The molecule has 0 spiro atoms. The first kappa shape index (κ1) is 20.2. The van der Waals surface area contributed by atoms with Crippen molar-refractivity contribution in [3.05, 3.63) is 35.4 Å². The van der Waals surface area contributed by atoms with Gasteiger partial charge in [-0.15, -0.1) is 11.6 Å². The van der Waals surface area contributed by atoms with E-state index in [0.29, 0.717) is 39.3 Å². The zero-order valence-electron chi connectivity index (χ0n) is 15.4. The Morgan fingerprint density at radius 2 is 1.62 bits per heavy atom. The number of benzene rings is 1. The highest BCUT2D eigenvalue weighted by atomic mass is 35.5. The Kier molecular flexibility index (Phi) is 7.45. The van der Waals surface area contributed by atoms with E-state index in [0.717, 1.165) is 11.1 Å². The molecule has 0 atom stereocenters. The van der Waals surface area contributed by atoms with E-state index < -0.39 is 0 Å². The number of hydrogen-bond acceptors (Lipinski definition) is 3. The fourth-order valence-electron chi connectivity index (χ4n) is 2.95. The van der Waals surface area contributed by atoms with Crippen LogP contribution in [0.3, 0.4) is 0 Å². The van der Waals surface area contributed by atoms with Crippen molar-refractivity contribution < 1.29 is 14.4 Å². The number of piperazine rings is 1. The Morgan fingerprint density at radius 3 is 2.15 bits per heavy atom. The van der Waals surface area contributed by atoms with Gasteiger partial charge in [0.1, 0.15) is 5.88 Å². The van der Waals surface area contributed by atoms with Crippen LogP contribution in [0.15, 0.2) is 24.3 Å². The molecular formula is C19H26ClN3O3. The Labute approximate surface area is 159 Å². The molecule has 0 saturated carbocycles. The maximum atomic E-state index is 12.4. The van der Waals surface area contributed by atoms with Crippen LogP contribution in [-0.4, -0.2) is 71.0 Å². The van der Waals surface area contributed by atoms with Crippen molar-refractivity contribution in [2.75, 3.05) is 38.6 Å². The van der Waals surface area contributed by atoms with E-state index in [9.17, 15) is 14.4 Å². The minimum absolute atomic E-state index is 0.00415. The first-order valence-corrected chi connectivity index (χ1v) is 9.36. The summed E-state index contributed by atoms with van der Waals surface area (Å²) in [5.41, 5.74) is 2.17. The van der Waals surface area contributed by atoms with Crippen LogP contribution < -0.4 is 0 Å². The van der Waals surface area contributed by atoms with Gasteiger partial charge in [0.05, 0.1) is 0 Å². The number of nitrogens with zero attached hydrogens (tertiary/aromatic N) is 3. The summed E-state index contributed by atoms with van der Waals surface area (Å²) in [5, 5.41) is 0. The van der Waals surface area contributed by atoms with Crippen LogP contribution in [0.2, 0.25) is 0 Å². The molecule has 0 unspecified atom stereocenters. The minimum Gasteiger partial charge on any atom is -0.339 e. The number of carbonyl (C=O) groups is 3. The van der Waals surface area contributed by atoms with Gasteiger partial charge in [-0.1, -0.05) is 29.8 Å². The van der Waals surface area contributed by atoms with E-state index in [-0.39, 0.29) is 30.0 Å². The summed E-state index contributed by atoms with van der Waals surface area (Å²) in [6.45, 7) is 6.54. The van der Waals surface area contributed by atoms with Crippen molar-refractivity contribution in [1.29, 1.82) is 0 Å². The summed E-state index contributed by atoms with van der Waals surface area (Å²) in [6.07, 6.45) is 0.258. The van der Waals surface area contributed by atoms with Crippen molar-refractivity contribution in [3.63, 3.8) is 0 Å². The molecule has 0 radical (unpaired) electrons. The molecule has 0 N–H and O–H groups in total. The Bertz CT molecular complexity index is 640. The molecule has 0 bridgehead atoms. The molecule has 1 heterocycles. The molecule has 1 fully saturated rings. The van der Waals surface area contributed by atoms with Crippen molar-refractivity contribution in [2.45, 2.75) is 26.8 Å². The second-order valence-corrected chi connectivity index (χ2v) is 6.84. The number of aryl methyl sites for hydroxylation is 1. The second-order valence-electron chi connectivity index (χ2n) is 6.57. The topological polar surface area (TPSA) is 60.9 Å². The van der Waals surface area contributed by atoms with E-state index in [4.69, 9.17) is 11.6 Å². The van der Waals surface area contributed by atoms with Crippen LogP contribution >= 0.6 is 11.6 Å². The third kappa shape index (κ3) is 5.73. The number of hydrogen-bond donors (Lipinski definition) is 0. The number of halogens is 1. The van der Waals surface area contributed by atoms with Crippen LogP contribution in [0.1, 0.15) is 24.5 Å². The molecule has 1 aromatic carbocycles. The molecule has 1 saturated heterocycles. The fraction of sp³-hybridized carbons (Fsp3) is 0.526. The van der Waals surface area contributed by atoms with Gasteiger partial charge in [0.15, 0.2) is 0 Å². The third-order valence-corrected chi connectivity index (χ3v) is 4.86. The minimum atomic E-state index is -0.179. The van der Waals surface area contributed by atoms with E-state index in [2.05, 4.69) is 0 Å². The van der Waals surface area contributed by atoms with E-state index in [1.54, 1.807) is 14.7 Å². The molecule has 1 aromatic rings. The van der Waals surface area contributed by atoms with Gasteiger partial charge in [-0.2, -0.15) is 0 Å². The predicted octanol–water partition coefficient (Wildman–Crippen LogP) is 1.64. The molecule has 0 aliphatic carbocycles. The van der Waals surface area contributed by atoms with Crippen molar-refractivity contribution >= 4 is 29.3 Å². The summed E-state index contributed by atoms with van der Waals surface area (Å²) in [7, 11) is 0. The lowest BCUT2D eigenvalue weighted by Crippen LogP contribution is -2.50. The van der Waals surface area contributed by atoms with Crippen LogP contribution in [-0.2, 0) is 20.9 Å². The van der Waals surface area contributed by atoms with Crippen molar-refractivity contribution in [1.82, 2.24) is 14.7 Å². The van der Waals surface area contributed by atoms with Crippen molar-refractivity contribution in [3.8, 4) is 0 Å². The van der Waals surface area contributed by atoms with Gasteiger partial charge in [-0.25, -0.2) is 0 Å². The summed E-state index contributed by atoms with van der Waals surface area (Å²) >= 11 is 5.72. The highest BCUT2D eigenvalue weighted by Crippen LogP contribution is 2.10. The van der Waals surface area contributed by atoms with Gasteiger partial charge in [0.2, 0.25) is 17.7 Å². The lowest BCUT2D eigenvalue weighted by molar-refractivity contribution is -0.139. The first-order chi connectivity index (χ1) is 12.4. The van der Waals surface area contributed by atoms with Gasteiger partial charge in [-0.3, -0.25) is 14.4 Å². The number of rotatable bonds is 6. The summed E-state index contributed by atoms with van der Waals surface area (Å²) in [5.74, 6) is -0.239. The number of carbonyl (C=O) groups excluding carboxylic acids is 3. The predicted molar refractivity (Wildman–Crippen MR) is 101 cm³/mol. The van der Waals surface area contributed by atoms with Gasteiger partial charge >= 0.3 is 0 Å². The molecule has 3 amide bonds. The molecule has 26 heavy (non-hydrogen) atoms. The van der Waals surface area contributed by atoms with Crippen LogP contribution in [0, 0.1) is 6.92 Å². The first-order valence-electron chi connectivity index (χ1n) is 8.83. The zero-order chi connectivity index (χ0) is 19.1. The largest absolute Gasteiger partial charge is 0.339 e.